The average Bonchev–Trinajstić information content (AvgIpc) is 3.26. The summed E-state index contributed by atoms with van der Waals surface area (Å²) in [4.78, 5) is 28.3. The van der Waals surface area contributed by atoms with Crippen LogP contribution >= 0.6 is 11.3 Å². The van der Waals surface area contributed by atoms with Crippen molar-refractivity contribution in [2.75, 3.05) is 11.9 Å². The molecule has 1 aliphatic rings. The Hall–Kier alpha value is -2.21. The van der Waals surface area contributed by atoms with Gasteiger partial charge in [-0.25, -0.2) is 4.98 Å². The zero-order valence-electron chi connectivity index (χ0n) is 12.3. The molecule has 1 aliphatic carbocycles. The second kappa shape index (κ2) is 6.27. The molecule has 1 heterocycles. The van der Waals surface area contributed by atoms with E-state index in [1.807, 2.05) is 24.4 Å². The van der Waals surface area contributed by atoms with E-state index in [9.17, 15) is 9.59 Å². The molecule has 6 heteroatoms. The summed E-state index contributed by atoms with van der Waals surface area (Å²) in [6, 6.07) is 7.28. The smallest absolute Gasteiger partial charge is 0.251 e. The molecule has 0 radical (unpaired) electrons. The Bertz CT molecular complexity index is 707. The topological polar surface area (TPSA) is 71.1 Å². The zero-order chi connectivity index (χ0) is 15.5. The molecular formula is C16H17N3O2S. The van der Waals surface area contributed by atoms with Gasteiger partial charge in [-0.2, -0.15) is 0 Å². The molecule has 0 bridgehead atoms. The van der Waals surface area contributed by atoms with Crippen LogP contribution in [0.15, 0.2) is 29.6 Å². The molecule has 2 amide bonds. The number of nitrogens with zero attached hydrogens (tertiary/aromatic N) is 1. The van der Waals surface area contributed by atoms with E-state index >= 15 is 0 Å². The maximum absolute atomic E-state index is 12.0. The number of amides is 2. The standard InChI is InChI=1S/C16H17N3O2S/c1-10-4-2-3-5-12(10)15(21)17-8-14(20)19-16-18-13(9-22-16)11-6-7-11/h2-5,9,11H,6-8H2,1H3,(H,17,21)(H,18,19,20). The van der Waals surface area contributed by atoms with Crippen LogP contribution < -0.4 is 10.6 Å². The highest BCUT2D eigenvalue weighted by Crippen LogP contribution is 2.40. The van der Waals surface area contributed by atoms with E-state index in [4.69, 9.17) is 0 Å². The van der Waals surface area contributed by atoms with Gasteiger partial charge in [0.05, 0.1) is 12.2 Å². The number of aromatic nitrogens is 1. The Morgan fingerprint density at radius 3 is 2.82 bits per heavy atom. The molecule has 22 heavy (non-hydrogen) atoms. The van der Waals surface area contributed by atoms with Gasteiger partial charge < -0.3 is 10.6 Å². The predicted molar refractivity (Wildman–Crippen MR) is 86.2 cm³/mol. The molecule has 0 unspecified atom stereocenters. The van der Waals surface area contributed by atoms with E-state index in [2.05, 4.69) is 15.6 Å². The van der Waals surface area contributed by atoms with E-state index in [0.717, 1.165) is 11.3 Å². The molecule has 1 aromatic carbocycles. The van der Waals surface area contributed by atoms with Crippen LogP contribution in [0.2, 0.25) is 0 Å². The summed E-state index contributed by atoms with van der Waals surface area (Å²) in [6.07, 6.45) is 2.37. The first kappa shape index (κ1) is 14.7. The summed E-state index contributed by atoms with van der Waals surface area (Å²) < 4.78 is 0. The van der Waals surface area contributed by atoms with Crippen LogP contribution in [0.25, 0.3) is 0 Å². The lowest BCUT2D eigenvalue weighted by molar-refractivity contribution is -0.115. The zero-order valence-corrected chi connectivity index (χ0v) is 13.1. The Morgan fingerprint density at radius 2 is 2.09 bits per heavy atom. The fourth-order valence-corrected chi connectivity index (χ4v) is 2.97. The molecule has 1 saturated carbocycles. The minimum Gasteiger partial charge on any atom is -0.343 e. The maximum atomic E-state index is 12.0. The third kappa shape index (κ3) is 3.51. The quantitative estimate of drug-likeness (QED) is 0.891. The van der Waals surface area contributed by atoms with Gasteiger partial charge in [-0.1, -0.05) is 18.2 Å². The van der Waals surface area contributed by atoms with Crippen molar-refractivity contribution < 1.29 is 9.59 Å². The maximum Gasteiger partial charge on any atom is 0.251 e. The number of benzene rings is 1. The van der Waals surface area contributed by atoms with Crippen LogP contribution in [0.3, 0.4) is 0 Å². The molecule has 0 saturated heterocycles. The minimum absolute atomic E-state index is 0.0640. The molecule has 0 atom stereocenters. The molecule has 1 aromatic heterocycles. The predicted octanol–water partition coefficient (Wildman–Crippen LogP) is 2.70. The second-order valence-corrected chi connectivity index (χ2v) is 6.26. The number of rotatable bonds is 5. The van der Waals surface area contributed by atoms with E-state index in [1.165, 1.54) is 24.2 Å². The molecular weight excluding hydrogens is 298 g/mol. The first-order valence-electron chi connectivity index (χ1n) is 7.22. The van der Waals surface area contributed by atoms with Crippen LogP contribution in [-0.4, -0.2) is 23.3 Å². The van der Waals surface area contributed by atoms with Crippen molar-refractivity contribution in [2.45, 2.75) is 25.7 Å². The normalized spacial score (nSPS) is 13.7. The number of hydrogen-bond donors (Lipinski definition) is 2. The summed E-state index contributed by atoms with van der Waals surface area (Å²) >= 11 is 1.42. The van der Waals surface area contributed by atoms with Crippen LogP contribution in [0.1, 0.15) is 40.4 Å². The van der Waals surface area contributed by atoms with Crippen LogP contribution in [0.4, 0.5) is 5.13 Å². The first-order chi connectivity index (χ1) is 10.6. The number of nitrogens with one attached hydrogen (secondary N) is 2. The second-order valence-electron chi connectivity index (χ2n) is 5.40. The van der Waals surface area contributed by atoms with Crippen molar-refractivity contribution in [3.8, 4) is 0 Å². The highest BCUT2D eigenvalue weighted by atomic mass is 32.1. The molecule has 2 N–H and O–H groups in total. The average molecular weight is 315 g/mol. The Labute approximate surface area is 132 Å². The summed E-state index contributed by atoms with van der Waals surface area (Å²) in [7, 11) is 0. The molecule has 5 nitrogen and oxygen atoms in total. The van der Waals surface area contributed by atoms with Gasteiger partial charge in [-0.3, -0.25) is 9.59 Å². The number of thiazole rings is 1. The molecule has 1 fully saturated rings. The van der Waals surface area contributed by atoms with Crippen molar-refractivity contribution >= 4 is 28.3 Å². The number of carbonyl (C=O) groups excluding carboxylic acids is 2. The van der Waals surface area contributed by atoms with Gasteiger partial charge in [0, 0.05) is 16.9 Å². The van der Waals surface area contributed by atoms with Gasteiger partial charge in [-0.15, -0.1) is 11.3 Å². The highest BCUT2D eigenvalue weighted by molar-refractivity contribution is 7.13. The lowest BCUT2D eigenvalue weighted by atomic mass is 10.1. The SMILES string of the molecule is Cc1ccccc1C(=O)NCC(=O)Nc1nc(C2CC2)cs1. The molecule has 114 valence electrons. The van der Waals surface area contributed by atoms with Crippen molar-refractivity contribution in [3.05, 3.63) is 46.5 Å². The Kier molecular flexibility index (Phi) is 4.20. The lowest BCUT2D eigenvalue weighted by Gasteiger charge is -2.07. The van der Waals surface area contributed by atoms with Gasteiger partial charge in [-0.05, 0) is 31.4 Å². The summed E-state index contributed by atoms with van der Waals surface area (Å²) in [6.45, 7) is 1.80. The van der Waals surface area contributed by atoms with Crippen LogP contribution in [0, 0.1) is 6.92 Å². The molecule has 0 spiro atoms. The summed E-state index contributed by atoms with van der Waals surface area (Å²) in [5, 5.41) is 7.93. The van der Waals surface area contributed by atoms with E-state index < -0.39 is 0 Å². The summed E-state index contributed by atoms with van der Waals surface area (Å²) in [5.74, 6) is 0.0624. The fourth-order valence-electron chi connectivity index (χ4n) is 2.16. The van der Waals surface area contributed by atoms with Crippen molar-refractivity contribution in [1.82, 2.24) is 10.3 Å². The van der Waals surface area contributed by atoms with Gasteiger partial charge >= 0.3 is 0 Å². The number of anilines is 1. The summed E-state index contributed by atoms with van der Waals surface area (Å²) in [5.41, 5.74) is 2.53. The van der Waals surface area contributed by atoms with Crippen LogP contribution in [0.5, 0.6) is 0 Å². The molecule has 0 aliphatic heterocycles. The Morgan fingerprint density at radius 1 is 1.32 bits per heavy atom. The van der Waals surface area contributed by atoms with Crippen molar-refractivity contribution in [1.29, 1.82) is 0 Å². The van der Waals surface area contributed by atoms with E-state index in [1.54, 1.807) is 12.1 Å². The van der Waals surface area contributed by atoms with Crippen molar-refractivity contribution in [3.63, 3.8) is 0 Å². The number of carbonyl (C=O) groups is 2. The van der Waals surface area contributed by atoms with Crippen LogP contribution in [-0.2, 0) is 4.79 Å². The third-order valence-corrected chi connectivity index (χ3v) is 4.34. The number of hydrogen-bond acceptors (Lipinski definition) is 4. The van der Waals surface area contributed by atoms with E-state index in [-0.39, 0.29) is 18.4 Å². The van der Waals surface area contributed by atoms with Gasteiger partial charge in [0.15, 0.2) is 5.13 Å². The minimum atomic E-state index is -0.265. The third-order valence-electron chi connectivity index (χ3n) is 3.56. The largest absolute Gasteiger partial charge is 0.343 e. The highest BCUT2D eigenvalue weighted by Gasteiger charge is 2.26. The lowest BCUT2D eigenvalue weighted by Crippen LogP contribution is -2.33. The monoisotopic (exact) mass is 315 g/mol. The van der Waals surface area contributed by atoms with Gasteiger partial charge in [0.2, 0.25) is 5.91 Å². The van der Waals surface area contributed by atoms with Gasteiger partial charge in [0.1, 0.15) is 0 Å². The van der Waals surface area contributed by atoms with Gasteiger partial charge in [0.25, 0.3) is 5.91 Å². The van der Waals surface area contributed by atoms with Crippen molar-refractivity contribution in [2.24, 2.45) is 0 Å². The molecule has 3 rings (SSSR count). The number of aryl methyl sites for hydroxylation is 1. The first-order valence-corrected chi connectivity index (χ1v) is 8.10. The van der Waals surface area contributed by atoms with E-state index in [0.29, 0.717) is 16.6 Å². The fraction of sp³-hybridized carbons (Fsp3) is 0.312. The molecule has 2 aromatic rings. The Balaban J connectivity index is 1.51.